The zero-order valence-electron chi connectivity index (χ0n) is 27.1. The molecule has 2 saturated carbocycles. The fraction of sp³-hybridized carbons (Fsp3) is 0.750. The second-order valence-electron chi connectivity index (χ2n) is 15.2. The highest BCUT2D eigenvalue weighted by atomic mass is 28.4. The molecule has 0 aromatic carbocycles. The van der Waals surface area contributed by atoms with Gasteiger partial charge in [-0.2, -0.15) is 0 Å². The van der Waals surface area contributed by atoms with Crippen LogP contribution in [0.2, 0.25) is 77.6 Å². The summed E-state index contributed by atoms with van der Waals surface area (Å²) in [5.41, 5.74) is 0. The first kappa shape index (κ1) is 35.8. The lowest BCUT2D eigenvalue weighted by atomic mass is 9.91. The van der Waals surface area contributed by atoms with E-state index in [2.05, 4.69) is 116 Å². The summed E-state index contributed by atoms with van der Waals surface area (Å²) in [6.07, 6.45) is 17.4. The summed E-state index contributed by atoms with van der Waals surface area (Å²) in [7, 11) is -5.60. The lowest BCUT2D eigenvalue weighted by molar-refractivity contribution is 0.422. The van der Waals surface area contributed by atoms with Gasteiger partial charge in [0.1, 0.15) is 0 Å². The van der Waals surface area contributed by atoms with E-state index in [0.717, 1.165) is 23.7 Å². The molecule has 0 saturated heterocycles. The molecule has 0 heterocycles. The van der Waals surface area contributed by atoms with Crippen molar-refractivity contribution in [1.29, 1.82) is 0 Å². The largest absolute Gasteiger partial charge is 0.456 e. The highest BCUT2D eigenvalue weighted by Gasteiger charge is 2.38. The minimum absolute atomic E-state index is 0.694. The van der Waals surface area contributed by atoms with E-state index in [9.17, 15) is 0 Å². The highest BCUT2D eigenvalue weighted by molar-refractivity contribution is 6.84. The van der Waals surface area contributed by atoms with Crippen LogP contribution in [-0.4, -0.2) is 33.3 Å². The van der Waals surface area contributed by atoms with Gasteiger partial charge in [0.2, 0.25) is 0 Å². The third-order valence-electron chi connectivity index (χ3n) is 8.24. The van der Waals surface area contributed by atoms with Gasteiger partial charge in [-0.1, -0.05) is 37.1 Å². The molecule has 3 aliphatic rings. The molecule has 0 radical (unpaired) electrons. The molecule has 2 fully saturated rings. The van der Waals surface area contributed by atoms with Gasteiger partial charge in [-0.25, -0.2) is 0 Å². The van der Waals surface area contributed by atoms with Gasteiger partial charge in [-0.3, -0.25) is 0 Å². The van der Waals surface area contributed by atoms with Crippen LogP contribution in [0.5, 0.6) is 0 Å². The molecular formula is C32H64O2Si4. The van der Waals surface area contributed by atoms with E-state index in [0.29, 0.717) is 11.8 Å². The zero-order chi connectivity index (χ0) is 29.4. The Morgan fingerprint density at radius 1 is 0.658 bits per heavy atom. The van der Waals surface area contributed by atoms with Crippen molar-refractivity contribution in [3.8, 4) is 0 Å². The second-order valence-corrected chi connectivity index (χ2v) is 33.3. The molecule has 2 bridgehead atoms. The van der Waals surface area contributed by atoms with Gasteiger partial charge in [-0.05, 0) is 139 Å². The van der Waals surface area contributed by atoms with Crippen molar-refractivity contribution >= 4 is 33.3 Å². The number of hydrogen-bond donors (Lipinski definition) is 0. The van der Waals surface area contributed by atoms with Crippen molar-refractivity contribution in [1.82, 2.24) is 0 Å². The zero-order valence-corrected chi connectivity index (χ0v) is 31.1. The Hall–Kier alpha value is -0.252. The maximum absolute atomic E-state index is 6.44. The van der Waals surface area contributed by atoms with Crippen LogP contribution < -0.4 is 0 Å². The van der Waals surface area contributed by atoms with Crippen molar-refractivity contribution in [2.24, 2.45) is 35.5 Å². The minimum Gasteiger partial charge on any atom is -0.456 e. The fourth-order valence-electron chi connectivity index (χ4n) is 7.07. The molecule has 0 aromatic rings. The van der Waals surface area contributed by atoms with E-state index < -0.39 is 33.3 Å². The van der Waals surface area contributed by atoms with Crippen LogP contribution in [0.25, 0.3) is 0 Å². The molecule has 0 aliphatic heterocycles. The SMILES string of the molecule is C=C.C=CC1CC(C=C)C(CC[Si](C)(C)O[Si](C)(C)C)C1.C[Si](C)(C)O[Si](C)(C)CCC1CC2C=CC1C2. The highest BCUT2D eigenvalue weighted by Crippen LogP contribution is 2.46. The van der Waals surface area contributed by atoms with Crippen molar-refractivity contribution in [2.45, 2.75) is 116 Å². The van der Waals surface area contributed by atoms with E-state index in [4.69, 9.17) is 8.23 Å². The fourth-order valence-corrected chi connectivity index (χ4v) is 23.3. The number of hydrogen-bond acceptors (Lipinski definition) is 2. The third kappa shape index (κ3) is 13.4. The topological polar surface area (TPSA) is 18.5 Å². The maximum atomic E-state index is 6.44. The predicted molar refractivity (Wildman–Crippen MR) is 183 cm³/mol. The third-order valence-corrected chi connectivity index (χ3v) is 20.5. The Morgan fingerprint density at radius 3 is 1.53 bits per heavy atom. The van der Waals surface area contributed by atoms with E-state index in [-0.39, 0.29) is 0 Å². The summed E-state index contributed by atoms with van der Waals surface area (Å²) in [6, 6.07) is 2.65. The molecule has 6 atom stereocenters. The van der Waals surface area contributed by atoms with Crippen LogP contribution in [0.4, 0.5) is 0 Å². The summed E-state index contributed by atoms with van der Waals surface area (Å²) >= 11 is 0. The molecule has 3 rings (SSSR count). The van der Waals surface area contributed by atoms with Crippen molar-refractivity contribution < 1.29 is 8.23 Å². The van der Waals surface area contributed by atoms with E-state index in [1.54, 1.807) is 0 Å². The standard InChI is InChI=1S/C16H32OSi2.C14H28OSi2.C2H4/c1-8-14-12-15(9-2)16(13-14)10-11-19(6,7)17-18(3,4)5;1-16(2,3)15-17(4,5)9-8-14-11-12-6-7-13(14)10-12;1-2/h8-9,14-16H,1-2,10-13H2,3-7H3;6-7,12-14H,8-11H2,1-5H3;1-2H2. The average Bonchev–Trinajstić information content (AvgIpc) is 3.50. The quantitative estimate of drug-likeness (QED) is 0.166. The van der Waals surface area contributed by atoms with E-state index in [1.807, 2.05) is 0 Å². The van der Waals surface area contributed by atoms with E-state index in [1.165, 1.54) is 50.6 Å². The van der Waals surface area contributed by atoms with Crippen LogP contribution >= 0.6 is 0 Å². The van der Waals surface area contributed by atoms with Gasteiger partial charge in [-0.15, -0.1) is 26.3 Å². The van der Waals surface area contributed by atoms with Crippen LogP contribution in [-0.2, 0) is 8.23 Å². The lowest BCUT2D eigenvalue weighted by Gasteiger charge is -2.33. The molecule has 38 heavy (non-hydrogen) atoms. The number of rotatable bonds is 12. The van der Waals surface area contributed by atoms with E-state index >= 15 is 0 Å². The first-order valence-corrected chi connectivity index (χ1v) is 28.3. The molecule has 220 valence electrons. The lowest BCUT2D eigenvalue weighted by Crippen LogP contribution is -2.42. The summed E-state index contributed by atoms with van der Waals surface area (Å²) in [5, 5.41) is 0. The van der Waals surface area contributed by atoms with Gasteiger partial charge in [0.05, 0.1) is 0 Å². The molecule has 0 N–H and O–H groups in total. The summed E-state index contributed by atoms with van der Waals surface area (Å²) in [5.74, 6) is 5.01. The Morgan fingerprint density at radius 2 is 1.16 bits per heavy atom. The average molecular weight is 593 g/mol. The Kier molecular flexibility index (Phi) is 14.2. The van der Waals surface area contributed by atoms with Crippen LogP contribution in [0.1, 0.15) is 38.5 Å². The first-order chi connectivity index (χ1) is 17.4. The Balaban J connectivity index is 0.000000358. The summed E-state index contributed by atoms with van der Waals surface area (Å²) in [4.78, 5) is 0. The molecule has 2 nitrogen and oxygen atoms in total. The van der Waals surface area contributed by atoms with Crippen LogP contribution in [0.15, 0.2) is 50.6 Å². The predicted octanol–water partition coefficient (Wildman–Crippen LogP) is 10.9. The smallest absolute Gasteiger partial charge is 0.173 e. The Labute approximate surface area is 243 Å². The summed E-state index contributed by atoms with van der Waals surface area (Å²) in [6.45, 7) is 37.4. The van der Waals surface area contributed by atoms with Gasteiger partial charge in [0, 0.05) is 0 Å². The van der Waals surface area contributed by atoms with Gasteiger partial charge in [0.25, 0.3) is 0 Å². The van der Waals surface area contributed by atoms with Crippen molar-refractivity contribution in [3.05, 3.63) is 50.6 Å². The monoisotopic (exact) mass is 592 g/mol. The first-order valence-electron chi connectivity index (χ1n) is 15.3. The second kappa shape index (κ2) is 15.1. The van der Waals surface area contributed by atoms with Crippen LogP contribution in [0.3, 0.4) is 0 Å². The molecule has 0 amide bonds. The Bertz CT molecular complexity index is 762. The van der Waals surface area contributed by atoms with Gasteiger partial charge in [0.15, 0.2) is 33.3 Å². The van der Waals surface area contributed by atoms with Gasteiger partial charge < -0.3 is 8.23 Å². The normalized spacial score (nSPS) is 28.8. The molecule has 0 spiro atoms. The van der Waals surface area contributed by atoms with Gasteiger partial charge >= 0.3 is 0 Å². The minimum atomic E-state index is -1.48. The molecule has 0 aromatic heterocycles. The molecular weight excluding hydrogens is 529 g/mol. The maximum Gasteiger partial charge on any atom is 0.173 e. The molecule has 6 unspecified atom stereocenters. The molecule has 6 heteroatoms. The van der Waals surface area contributed by atoms with Crippen molar-refractivity contribution in [2.75, 3.05) is 0 Å². The summed E-state index contributed by atoms with van der Waals surface area (Å²) < 4.78 is 12.9. The van der Waals surface area contributed by atoms with Crippen LogP contribution in [0, 0.1) is 35.5 Å². The number of fused-ring (bicyclic) bond motifs is 2. The van der Waals surface area contributed by atoms with Crippen molar-refractivity contribution in [3.63, 3.8) is 0 Å². The number of allylic oxidation sites excluding steroid dienone is 4. The molecule has 3 aliphatic carbocycles.